The highest BCUT2D eigenvalue weighted by atomic mass is 16.5. The summed E-state index contributed by atoms with van der Waals surface area (Å²) in [4.78, 5) is 22.3. The van der Waals surface area contributed by atoms with Crippen molar-refractivity contribution >= 4 is 11.9 Å². The summed E-state index contributed by atoms with van der Waals surface area (Å²) in [7, 11) is 3.04. The molecule has 0 aliphatic rings. The molecule has 0 aliphatic heterocycles. The summed E-state index contributed by atoms with van der Waals surface area (Å²) in [5.74, 6) is -1.16. The summed E-state index contributed by atoms with van der Waals surface area (Å²) in [5, 5.41) is 11.5. The predicted octanol–water partition coefficient (Wildman–Crippen LogP) is 0.409. The zero-order valence-corrected chi connectivity index (χ0v) is 10.6. The summed E-state index contributed by atoms with van der Waals surface area (Å²) >= 11 is 0. The molecule has 1 amide bonds. The average molecular weight is 247 g/mol. The van der Waals surface area contributed by atoms with Crippen molar-refractivity contribution in [1.29, 1.82) is 0 Å². The molecule has 0 spiro atoms. The Bertz CT molecular complexity index is 256. The Morgan fingerprint density at radius 2 is 1.94 bits per heavy atom. The monoisotopic (exact) mass is 247 g/mol. The van der Waals surface area contributed by atoms with E-state index in [9.17, 15) is 9.59 Å². The number of carbonyl (C=O) groups excluding carboxylic acids is 1. The van der Waals surface area contributed by atoms with Gasteiger partial charge in [0.15, 0.2) is 0 Å². The lowest BCUT2D eigenvalue weighted by Crippen LogP contribution is -2.50. The van der Waals surface area contributed by atoms with Crippen molar-refractivity contribution in [3.05, 3.63) is 0 Å². The topological polar surface area (TPSA) is 84.9 Å². The smallest absolute Gasteiger partial charge is 0.305 e. The second kappa shape index (κ2) is 8.03. The maximum atomic E-state index is 11.6. The molecule has 0 rings (SSSR count). The highest BCUT2D eigenvalue weighted by Crippen LogP contribution is 2.11. The normalized spacial score (nSPS) is 14.1. The third-order valence-electron chi connectivity index (χ3n) is 2.20. The van der Waals surface area contributed by atoms with Crippen LogP contribution in [-0.4, -0.2) is 50.0 Å². The van der Waals surface area contributed by atoms with Crippen LogP contribution in [0.3, 0.4) is 0 Å². The van der Waals surface area contributed by atoms with Crippen LogP contribution < -0.4 is 5.32 Å². The summed E-state index contributed by atoms with van der Waals surface area (Å²) in [6.45, 7) is 2.32. The van der Waals surface area contributed by atoms with Crippen molar-refractivity contribution in [2.45, 2.75) is 31.7 Å². The van der Waals surface area contributed by atoms with Crippen molar-refractivity contribution in [2.75, 3.05) is 27.4 Å². The van der Waals surface area contributed by atoms with E-state index < -0.39 is 11.5 Å². The first kappa shape index (κ1) is 15.9. The molecule has 1 unspecified atom stereocenters. The van der Waals surface area contributed by atoms with E-state index in [0.717, 1.165) is 0 Å². The van der Waals surface area contributed by atoms with Gasteiger partial charge in [-0.3, -0.25) is 9.59 Å². The molecule has 0 aromatic rings. The number of carboxylic acid groups (broad SMARTS) is 1. The molecule has 0 heterocycles. The zero-order valence-electron chi connectivity index (χ0n) is 10.6. The number of rotatable bonds is 9. The first-order chi connectivity index (χ1) is 7.93. The first-order valence-corrected chi connectivity index (χ1v) is 5.44. The second-order valence-electron chi connectivity index (χ2n) is 4.21. The molecule has 6 nitrogen and oxygen atoms in total. The fourth-order valence-corrected chi connectivity index (χ4v) is 1.56. The molecule has 0 aliphatic carbocycles. The Morgan fingerprint density at radius 3 is 2.41 bits per heavy atom. The molecule has 0 saturated heterocycles. The van der Waals surface area contributed by atoms with Gasteiger partial charge in [0.2, 0.25) is 5.91 Å². The first-order valence-electron chi connectivity index (χ1n) is 5.44. The van der Waals surface area contributed by atoms with Crippen molar-refractivity contribution in [2.24, 2.45) is 0 Å². The molecule has 0 aromatic carbocycles. The van der Waals surface area contributed by atoms with Gasteiger partial charge < -0.3 is 19.9 Å². The minimum atomic E-state index is -0.971. The lowest BCUT2D eigenvalue weighted by molar-refractivity contribution is -0.139. The van der Waals surface area contributed by atoms with Crippen molar-refractivity contribution < 1.29 is 24.2 Å². The third kappa shape index (κ3) is 7.70. The molecule has 6 heteroatoms. The molecule has 0 bridgehead atoms. The second-order valence-corrected chi connectivity index (χ2v) is 4.21. The number of nitrogens with one attached hydrogen (secondary N) is 1. The highest BCUT2D eigenvalue weighted by molar-refractivity contribution is 5.78. The molecule has 0 aromatic heterocycles. The van der Waals surface area contributed by atoms with E-state index in [-0.39, 0.29) is 18.9 Å². The quantitative estimate of drug-likeness (QED) is 0.576. The van der Waals surface area contributed by atoms with Crippen LogP contribution >= 0.6 is 0 Å². The van der Waals surface area contributed by atoms with E-state index in [0.29, 0.717) is 19.4 Å². The molecular weight excluding hydrogens is 226 g/mol. The van der Waals surface area contributed by atoms with Crippen LogP contribution in [0.1, 0.15) is 26.2 Å². The van der Waals surface area contributed by atoms with Crippen LogP contribution in [0.25, 0.3) is 0 Å². The minimum Gasteiger partial charge on any atom is -0.481 e. The van der Waals surface area contributed by atoms with Gasteiger partial charge in [-0.1, -0.05) is 0 Å². The van der Waals surface area contributed by atoms with E-state index in [1.165, 1.54) is 7.11 Å². The van der Waals surface area contributed by atoms with Gasteiger partial charge in [0, 0.05) is 27.2 Å². The largest absolute Gasteiger partial charge is 0.481 e. The molecule has 100 valence electrons. The van der Waals surface area contributed by atoms with E-state index in [4.69, 9.17) is 14.6 Å². The van der Waals surface area contributed by atoms with Crippen molar-refractivity contribution in [3.8, 4) is 0 Å². The van der Waals surface area contributed by atoms with E-state index in [1.54, 1.807) is 14.0 Å². The van der Waals surface area contributed by atoms with Crippen LogP contribution in [-0.2, 0) is 19.1 Å². The van der Waals surface area contributed by atoms with Crippen LogP contribution in [0.4, 0.5) is 0 Å². The molecule has 17 heavy (non-hydrogen) atoms. The Labute approximate surface area is 101 Å². The maximum Gasteiger partial charge on any atom is 0.305 e. The van der Waals surface area contributed by atoms with Gasteiger partial charge in [-0.25, -0.2) is 0 Å². The van der Waals surface area contributed by atoms with Crippen molar-refractivity contribution in [3.63, 3.8) is 0 Å². The van der Waals surface area contributed by atoms with E-state index >= 15 is 0 Å². The number of aliphatic carboxylic acids is 1. The lowest BCUT2D eigenvalue weighted by atomic mass is 9.98. The molecular formula is C11H21NO5. The van der Waals surface area contributed by atoms with Gasteiger partial charge in [0.05, 0.1) is 18.6 Å². The Balaban J connectivity index is 4.22. The van der Waals surface area contributed by atoms with Gasteiger partial charge in [0.25, 0.3) is 0 Å². The predicted molar refractivity (Wildman–Crippen MR) is 61.8 cm³/mol. The van der Waals surface area contributed by atoms with Gasteiger partial charge >= 0.3 is 5.97 Å². The van der Waals surface area contributed by atoms with Gasteiger partial charge in [0.1, 0.15) is 0 Å². The fraction of sp³-hybridized carbons (Fsp3) is 0.818. The van der Waals surface area contributed by atoms with Crippen molar-refractivity contribution in [1.82, 2.24) is 5.32 Å². The Morgan fingerprint density at radius 1 is 1.29 bits per heavy atom. The average Bonchev–Trinajstić information content (AvgIpc) is 2.16. The molecule has 1 atom stereocenters. The third-order valence-corrected chi connectivity index (χ3v) is 2.20. The standard InChI is InChI=1S/C11H21NO5/c1-11(8-17-3,7-10(14)15)12-9(13)5-4-6-16-2/h4-8H2,1-3H3,(H,12,13)(H,14,15). The van der Waals surface area contributed by atoms with Gasteiger partial charge in [-0.2, -0.15) is 0 Å². The molecule has 0 radical (unpaired) electrons. The van der Waals surface area contributed by atoms with Crippen LogP contribution in [0.15, 0.2) is 0 Å². The molecule has 2 N–H and O–H groups in total. The maximum absolute atomic E-state index is 11.6. The number of hydrogen-bond acceptors (Lipinski definition) is 4. The Kier molecular flexibility index (Phi) is 7.49. The molecule has 0 saturated carbocycles. The summed E-state index contributed by atoms with van der Waals surface area (Å²) in [6.07, 6.45) is 0.752. The zero-order chi connectivity index (χ0) is 13.3. The number of methoxy groups -OCH3 is 2. The summed E-state index contributed by atoms with van der Waals surface area (Å²) < 4.78 is 9.77. The number of carbonyl (C=O) groups is 2. The Hall–Kier alpha value is -1.14. The fourth-order valence-electron chi connectivity index (χ4n) is 1.56. The molecule has 0 fully saturated rings. The lowest BCUT2D eigenvalue weighted by Gasteiger charge is -2.28. The number of amides is 1. The van der Waals surface area contributed by atoms with Crippen LogP contribution in [0.5, 0.6) is 0 Å². The van der Waals surface area contributed by atoms with E-state index in [1.807, 2.05) is 0 Å². The number of hydrogen-bond donors (Lipinski definition) is 2. The highest BCUT2D eigenvalue weighted by Gasteiger charge is 2.29. The minimum absolute atomic E-state index is 0.162. The van der Waals surface area contributed by atoms with Gasteiger partial charge in [-0.15, -0.1) is 0 Å². The number of ether oxygens (including phenoxy) is 2. The van der Waals surface area contributed by atoms with Gasteiger partial charge in [-0.05, 0) is 13.3 Å². The van der Waals surface area contributed by atoms with Crippen LogP contribution in [0, 0.1) is 0 Å². The van der Waals surface area contributed by atoms with E-state index in [2.05, 4.69) is 5.32 Å². The SMILES string of the molecule is COCCCC(=O)NC(C)(COC)CC(=O)O. The number of carboxylic acids is 1. The summed E-state index contributed by atoms with van der Waals surface area (Å²) in [5.41, 5.74) is -0.870. The summed E-state index contributed by atoms with van der Waals surface area (Å²) in [6, 6.07) is 0. The van der Waals surface area contributed by atoms with Crippen LogP contribution in [0.2, 0.25) is 0 Å².